The Balaban J connectivity index is 2.07. The van der Waals surface area contributed by atoms with E-state index in [1.54, 1.807) is 11.3 Å². The molecule has 6 heteroatoms. The van der Waals surface area contributed by atoms with Crippen molar-refractivity contribution >= 4 is 33.3 Å². The minimum absolute atomic E-state index is 0.187. The Bertz CT molecular complexity index is 571. The molecule has 0 radical (unpaired) electrons. The largest absolute Gasteiger partial charge is 0.394 e. The quantitative estimate of drug-likeness (QED) is 0.896. The van der Waals surface area contributed by atoms with E-state index in [0.717, 1.165) is 42.0 Å². The summed E-state index contributed by atoms with van der Waals surface area (Å²) >= 11 is 1.63. The third kappa shape index (κ3) is 2.26. The maximum Gasteiger partial charge on any atom is 0.226 e. The molecule has 0 spiro atoms. The molecule has 0 saturated carbocycles. The first-order chi connectivity index (χ1) is 9.33. The predicted octanol–water partition coefficient (Wildman–Crippen LogP) is 2.08. The van der Waals surface area contributed by atoms with Crippen LogP contribution < -0.4 is 10.2 Å². The monoisotopic (exact) mass is 278 g/mol. The standard InChI is InChI=1S/C13H18N4OS/c1-2-14-13-15-11(10-5-7-19-12(10)16-13)17-6-3-4-9(17)8-18/h5,7,9,18H,2-4,6,8H2,1H3,(H,14,15,16). The number of aliphatic hydroxyl groups is 1. The van der Waals surface area contributed by atoms with Gasteiger partial charge in [-0.2, -0.15) is 4.98 Å². The third-order valence-corrected chi connectivity index (χ3v) is 4.31. The fourth-order valence-corrected chi connectivity index (χ4v) is 3.36. The van der Waals surface area contributed by atoms with Gasteiger partial charge in [-0.1, -0.05) is 0 Å². The van der Waals surface area contributed by atoms with E-state index in [-0.39, 0.29) is 12.6 Å². The summed E-state index contributed by atoms with van der Waals surface area (Å²) in [4.78, 5) is 12.4. The minimum atomic E-state index is 0.187. The van der Waals surface area contributed by atoms with Gasteiger partial charge in [-0.15, -0.1) is 11.3 Å². The zero-order valence-corrected chi connectivity index (χ0v) is 11.8. The maximum atomic E-state index is 9.50. The Morgan fingerprint density at radius 3 is 3.21 bits per heavy atom. The van der Waals surface area contributed by atoms with Crippen molar-refractivity contribution in [3.63, 3.8) is 0 Å². The number of thiophene rings is 1. The molecular weight excluding hydrogens is 260 g/mol. The molecule has 2 N–H and O–H groups in total. The zero-order chi connectivity index (χ0) is 13.2. The molecule has 3 rings (SSSR count). The first-order valence-electron chi connectivity index (χ1n) is 6.70. The van der Waals surface area contributed by atoms with E-state index < -0.39 is 0 Å². The van der Waals surface area contributed by atoms with E-state index in [4.69, 9.17) is 0 Å². The zero-order valence-electron chi connectivity index (χ0n) is 11.0. The van der Waals surface area contributed by atoms with E-state index in [1.807, 2.05) is 12.3 Å². The molecule has 1 aliphatic heterocycles. The molecule has 2 aromatic heterocycles. The van der Waals surface area contributed by atoms with Crippen molar-refractivity contribution in [2.75, 3.05) is 29.9 Å². The van der Waals surface area contributed by atoms with Crippen molar-refractivity contribution in [2.45, 2.75) is 25.8 Å². The van der Waals surface area contributed by atoms with Crippen molar-refractivity contribution in [1.29, 1.82) is 0 Å². The van der Waals surface area contributed by atoms with Crippen LogP contribution in [-0.2, 0) is 0 Å². The lowest BCUT2D eigenvalue weighted by Gasteiger charge is -2.25. The van der Waals surface area contributed by atoms with Crippen molar-refractivity contribution < 1.29 is 5.11 Å². The average Bonchev–Trinajstić information content (AvgIpc) is 3.06. The summed E-state index contributed by atoms with van der Waals surface area (Å²) in [5.74, 6) is 1.63. The van der Waals surface area contributed by atoms with Gasteiger partial charge in [0.05, 0.1) is 18.0 Å². The summed E-state index contributed by atoms with van der Waals surface area (Å²) in [6.07, 6.45) is 2.14. The van der Waals surface area contributed by atoms with Gasteiger partial charge in [0.25, 0.3) is 0 Å². The molecule has 0 bridgehead atoms. The Hall–Kier alpha value is -1.40. The van der Waals surface area contributed by atoms with Gasteiger partial charge in [-0.3, -0.25) is 0 Å². The Kier molecular flexibility index (Phi) is 3.52. The highest BCUT2D eigenvalue weighted by molar-refractivity contribution is 7.16. The van der Waals surface area contributed by atoms with Gasteiger partial charge in [0, 0.05) is 13.1 Å². The van der Waals surface area contributed by atoms with Crippen LogP contribution in [0.5, 0.6) is 0 Å². The molecule has 1 unspecified atom stereocenters. The van der Waals surface area contributed by atoms with Gasteiger partial charge in [-0.05, 0) is 31.2 Å². The lowest BCUT2D eigenvalue weighted by molar-refractivity contribution is 0.266. The van der Waals surface area contributed by atoms with Crippen molar-refractivity contribution in [1.82, 2.24) is 9.97 Å². The lowest BCUT2D eigenvalue weighted by Crippen LogP contribution is -2.33. The van der Waals surface area contributed by atoms with Crippen LogP contribution in [0.15, 0.2) is 11.4 Å². The first kappa shape index (κ1) is 12.6. The van der Waals surface area contributed by atoms with E-state index >= 15 is 0 Å². The highest BCUT2D eigenvalue weighted by atomic mass is 32.1. The van der Waals surface area contributed by atoms with E-state index in [2.05, 4.69) is 26.3 Å². The summed E-state index contributed by atoms with van der Waals surface area (Å²) in [6.45, 7) is 3.98. The van der Waals surface area contributed by atoms with Crippen LogP contribution >= 0.6 is 11.3 Å². The fraction of sp³-hybridized carbons (Fsp3) is 0.538. The van der Waals surface area contributed by atoms with Gasteiger partial charge in [0.15, 0.2) is 0 Å². The van der Waals surface area contributed by atoms with Crippen LogP contribution in [0, 0.1) is 0 Å². The molecule has 19 heavy (non-hydrogen) atoms. The van der Waals surface area contributed by atoms with E-state index in [0.29, 0.717) is 5.95 Å². The van der Waals surface area contributed by atoms with Gasteiger partial charge in [-0.25, -0.2) is 4.98 Å². The van der Waals surface area contributed by atoms with Crippen molar-refractivity contribution in [2.24, 2.45) is 0 Å². The summed E-state index contributed by atoms with van der Waals surface area (Å²) in [5, 5.41) is 15.8. The summed E-state index contributed by atoms with van der Waals surface area (Å²) in [6, 6.07) is 2.25. The first-order valence-corrected chi connectivity index (χ1v) is 7.58. The summed E-state index contributed by atoms with van der Waals surface area (Å²) < 4.78 is 0. The molecule has 3 heterocycles. The highest BCUT2D eigenvalue weighted by Crippen LogP contribution is 2.33. The fourth-order valence-electron chi connectivity index (χ4n) is 2.60. The van der Waals surface area contributed by atoms with Crippen molar-refractivity contribution in [3.8, 4) is 0 Å². The number of nitrogens with zero attached hydrogens (tertiary/aromatic N) is 3. The van der Waals surface area contributed by atoms with E-state index in [9.17, 15) is 5.11 Å². The molecule has 0 amide bonds. The van der Waals surface area contributed by atoms with Crippen LogP contribution in [0.4, 0.5) is 11.8 Å². The third-order valence-electron chi connectivity index (χ3n) is 3.50. The van der Waals surface area contributed by atoms with Crippen LogP contribution in [-0.4, -0.2) is 40.8 Å². The molecule has 2 aromatic rings. The highest BCUT2D eigenvalue weighted by Gasteiger charge is 2.27. The van der Waals surface area contributed by atoms with Crippen LogP contribution in [0.1, 0.15) is 19.8 Å². The normalized spacial score (nSPS) is 19.3. The Labute approximate surface area is 116 Å². The summed E-state index contributed by atoms with van der Waals surface area (Å²) in [7, 11) is 0. The SMILES string of the molecule is CCNc1nc(N2CCCC2CO)c2ccsc2n1. The molecule has 102 valence electrons. The van der Waals surface area contributed by atoms with Crippen LogP contribution in [0.2, 0.25) is 0 Å². The second-order valence-electron chi connectivity index (χ2n) is 4.71. The molecule has 1 atom stereocenters. The van der Waals surface area contributed by atoms with Crippen LogP contribution in [0.3, 0.4) is 0 Å². The average molecular weight is 278 g/mol. The van der Waals surface area contributed by atoms with Gasteiger partial charge in [0.2, 0.25) is 5.95 Å². The minimum Gasteiger partial charge on any atom is -0.394 e. The predicted molar refractivity (Wildman–Crippen MR) is 79.0 cm³/mol. The molecule has 5 nitrogen and oxygen atoms in total. The van der Waals surface area contributed by atoms with Crippen molar-refractivity contribution in [3.05, 3.63) is 11.4 Å². The number of aromatic nitrogens is 2. The molecule has 0 aromatic carbocycles. The Morgan fingerprint density at radius 2 is 2.42 bits per heavy atom. The van der Waals surface area contributed by atoms with Gasteiger partial charge >= 0.3 is 0 Å². The number of aliphatic hydroxyl groups excluding tert-OH is 1. The number of fused-ring (bicyclic) bond motifs is 1. The molecular formula is C13H18N4OS. The summed E-state index contributed by atoms with van der Waals surface area (Å²) in [5.41, 5.74) is 0. The smallest absolute Gasteiger partial charge is 0.226 e. The van der Waals surface area contributed by atoms with Gasteiger partial charge < -0.3 is 15.3 Å². The molecule has 1 saturated heterocycles. The second kappa shape index (κ2) is 5.30. The molecule has 0 aliphatic carbocycles. The molecule has 1 aliphatic rings. The number of hydrogen-bond acceptors (Lipinski definition) is 6. The second-order valence-corrected chi connectivity index (χ2v) is 5.61. The number of hydrogen-bond donors (Lipinski definition) is 2. The Morgan fingerprint density at radius 1 is 1.53 bits per heavy atom. The van der Waals surface area contributed by atoms with Gasteiger partial charge in [0.1, 0.15) is 10.6 Å². The molecule has 1 fully saturated rings. The number of nitrogens with one attached hydrogen (secondary N) is 1. The lowest BCUT2D eigenvalue weighted by atomic mass is 10.2. The number of rotatable bonds is 4. The maximum absolute atomic E-state index is 9.50. The topological polar surface area (TPSA) is 61.3 Å². The number of anilines is 2. The van der Waals surface area contributed by atoms with Crippen LogP contribution in [0.25, 0.3) is 10.2 Å². The van der Waals surface area contributed by atoms with E-state index in [1.165, 1.54) is 0 Å².